The van der Waals surface area contributed by atoms with Crippen molar-refractivity contribution in [3.05, 3.63) is 46.4 Å². The maximum Gasteiger partial charge on any atom is 0.213 e. The van der Waals surface area contributed by atoms with E-state index in [-0.39, 0.29) is 17.3 Å². The van der Waals surface area contributed by atoms with Crippen molar-refractivity contribution in [1.82, 2.24) is 15.6 Å². The second-order valence-corrected chi connectivity index (χ2v) is 4.03. The second-order valence-electron chi connectivity index (χ2n) is 4.03. The monoisotopic (exact) mass is 258 g/mol. The summed E-state index contributed by atoms with van der Waals surface area (Å²) in [4.78, 5) is 4.00. The lowest BCUT2D eigenvalue weighted by molar-refractivity contribution is 0.881. The lowest BCUT2D eigenvalue weighted by atomic mass is 10.2. The molecule has 98 valence electrons. The van der Waals surface area contributed by atoms with Gasteiger partial charge in [0.15, 0.2) is 5.82 Å². The Bertz CT molecular complexity index is 638. The molecule has 0 unspecified atom stereocenters. The number of guanidine groups is 1. The highest BCUT2D eigenvalue weighted by molar-refractivity contribution is 6.04. The van der Waals surface area contributed by atoms with Crippen molar-refractivity contribution < 1.29 is 0 Å². The van der Waals surface area contributed by atoms with Crippen molar-refractivity contribution in [2.45, 2.75) is 6.92 Å². The molecule has 1 aliphatic heterocycles. The van der Waals surface area contributed by atoms with Crippen LogP contribution >= 0.6 is 0 Å². The first-order chi connectivity index (χ1) is 9.15. The lowest BCUT2D eigenvalue weighted by Gasteiger charge is -2.46. The van der Waals surface area contributed by atoms with E-state index in [9.17, 15) is 10.4 Å². The minimum atomic E-state index is -0.125. The smallest absolute Gasteiger partial charge is 0.213 e. The maximum absolute atomic E-state index is 12.1. The van der Waals surface area contributed by atoms with Gasteiger partial charge in [-0.3, -0.25) is 10.5 Å². The average molecular weight is 258 g/mol. The van der Waals surface area contributed by atoms with Gasteiger partial charge in [0, 0.05) is 11.8 Å². The van der Waals surface area contributed by atoms with E-state index in [0.29, 0.717) is 16.1 Å². The van der Waals surface area contributed by atoms with Crippen molar-refractivity contribution in [3.8, 4) is 0 Å². The van der Waals surface area contributed by atoms with Crippen molar-refractivity contribution in [1.29, 1.82) is 0 Å². The first-order valence-electron chi connectivity index (χ1n) is 5.56. The predicted octanol–water partition coefficient (Wildman–Crippen LogP) is 1.53. The molecule has 0 bridgehead atoms. The fraction of sp³-hybridized carbons (Fsp3) is 0.0909. The van der Waals surface area contributed by atoms with E-state index in [4.69, 9.17) is 0 Å². The SMILES string of the molecule is Cc1cc(N=C2NN([O-])c3ccccc3N2[O-])n[nH]1. The largest absolute Gasteiger partial charge is 0.752 e. The minimum Gasteiger partial charge on any atom is -0.752 e. The number of para-hydroxylation sites is 2. The van der Waals surface area contributed by atoms with Gasteiger partial charge in [0.1, 0.15) is 0 Å². The predicted molar refractivity (Wildman–Crippen MR) is 71.7 cm³/mol. The molecule has 19 heavy (non-hydrogen) atoms. The van der Waals surface area contributed by atoms with Gasteiger partial charge in [-0.15, -0.1) is 0 Å². The molecule has 0 amide bonds. The molecule has 0 fully saturated rings. The second kappa shape index (κ2) is 4.26. The fourth-order valence-corrected chi connectivity index (χ4v) is 1.76. The molecule has 0 spiro atoms. The third kappa shape index (κ3) is 1.98. The third-order valence-corrected chi connectivity index (χ3v) is 2.63. The molecule has 1 aromatic heterocycles. The number of anilines is 2. The fourth-order valence-electron chi connectivity index (χ4n) is 1.76. The quantitative estimate of drug-likeness (QED) is 0.803. The van der Waals surface area contributed by atoms with Gasteiger partial charge in [0.25, 0.3) is 0 Å². The molecule has 0 atom stereocenters. The molecule has 0 saturated heterocycles. The molecule has 0 radical (unpaired) electrons. The van der Waals surface area contributed by atoms with Crippen LogP contribution in [0.15, 0.2) is 35.3 Å². The molecule has 1 aliphatic rings. The van der Waals surface area contributed by atoms with Crippen LogP contribution in [0.2, 0.25) is 0 Å². The number of hydrogen-bond acceptors (Lipinski definition) is 5. The Balaban J connectivity index is 2.00. The number of aryl methyl sites for hydroxylation is 1. The molecular formula is C11H10N6O2-2. The van der Waals surface area contributed by atoms with Crippen LogP contribution in [-0.2, 0) is 0 Å². The van der Waals surface area contributed by atoms with Gasteiger partial charge in [-0.1, -0.05) is 12.1 Å². The topological polar surface area (TPSA) is 106 Å². The third-order valence-electron chi connectivity index (χ3n) is 2.63. The van der Waals surface area contributed by atoms with Crippen LogP contribution in [0.3, 0.4) is 0 Å². The van der Waals surface area contributed by atoms with E-state index in [1.165, 1.54) is 0 Å². The summed E-state index contributed by atoms with van der Waals surface area (Å²) in [6, 6.07) is 8.13. The molecule has 1 aromatic carbocycles. The van der Waals surface area contributed by atoms with E-state index in [1.54, 1.807) is 30.3 Å². The molecule has 8 heteroatoms. The van der Waals surface area contributed by atoms with Crippen LogP contribution in [0.5, 0.6) is 0 Å². The Labute approximate surface area is 108 Å². The lowest BCUT2D eigenvalue weighted by Crippen LogP contribution is -2.50. The highest BCUT2D eigenvalue weighted by Gasteiger charge is 2.16. The van der Waals surface area contributed by atoms with Gasteiger partial charge in [-0.25, -0.2) is 0 Å². The van der Waals surface area contributed by atoms with Crippen LogP contribution in [0, 0.1) is 17.3 Å². The summed E-state index contributed by atoms with van der Waals surface area (Å²) in [7, 11) is 0. The Kier molecular flexibility index (Phi) is 2.58. The number of benzene rings is 1. The van der Waals surface area contributed by atoms with E-state index in [0.717, 1.165) is 5.69 Å². The van der Waals surface area contributed by atoms with E-state index in [2.05, 4.69) is 20.6 Å². The Morgan fingerprint density at radius 3 is 2.63 bits per heavy atom. The van der Waals surface area contributed by atoms with Gasteiger partial charge in [0.2, 0.25) is 5.96 Å². The molecule has 0 aliphatic carbocycles. The Morgan fingerprint density at radius 2 is 1.95 bits per heavy atom. The van der Waals surface area contributed by atoms with Crippen molar-refractivity contribution in [3.63, 3.8) is 0 Å². The highest BCUT2D eigenvalue weighted by atomic mass is 16.6. The summed E-state index contributed by atoms with van der Waals surface area (Å²) in [5, 5.41) is 31.5. The first-order valence-corrected chi connectivity index (χ1v) is 5.56. The number of nitrogens with one attached hydrogen (secondary N) is 2. The molecular weight excluding hydrogens is 248 g/mol. The van der Waals surface area contributed by atoms with E-state index >= 15 is 0 Å². The van der Waals surface area contributed by atoms with Crippen LogP contribution in [0.25, 0.3) is 0 Å². The standard InChI is InChI=1S/C11H10N6O2/c1-7-6-10(14-13-7)12-11-15-17(19)9-5-3-2-4-8(9)16(11)18/h2-6H,1H3,(H2,12,13,14,15)/q-2. The van der Waals surface area contributed by atoms with Crippen LogP contribution < -0.4 is 15.7 Å². The van der Waals surface area contributed by atoms with Crippen LogP contribution in [-0.4, -0.2) is 16.2 Å². The molecule has 0 saturated carbocycles. The number of fused-ring (bicyclic) bond motifs is 1. The number of rotatable bonds is 1. The minimum absolute atomic E-state index is 0.125. The number of aliphatic imine (C=N–C) groups is 1. The number of H-pyrrole nitrogens is 1. The Hall–Kier alpha value is -2.58. The molecule has 2 aromatic rings. The van der Waals surface area contributed by atoms with Gasteiger partial charge >= 0.3 is 0 Å². The summed E-state index contributed by atoms with van der Waals surface area (Å²) >= 11 is 0. The van der Waals surface area contributed by atoms with Gasteiger partial charge < -0.3 is 20.6 Å². The number of aromatic nitrogens is 2. The number of aromatic amines is 1. The number of hydroxylamine groups is 1. The first kappa shape index (κ1) is 11.5. The molecule has 8 nitrogen and oxygen atoms in total. The van der Waals surface area contributed by atoms with Gasteiger partial charge in [-0.05, 0) is 19.1 Å². The maximum atomic E-state index is 12.1. The summed E-state index contributed by atoms with van der Waals surface area (Å²) in [5.74, 6) is 0.203. The summed E-state index contributed by atoms with van der Waals surface area (Å²) in [6.07, 6.45) is 0. The van der Waals surface area contributed by atoms with E-state index in [1.807, 2.05) is 6.92 Å². The summed E-state index contributed by atoms with van der Waals surface area (Å²) in [5.41, 5.74) is 3.66. The zero-order valence-corrected chi connectivity index (χ0v) is 9.99. The van der Waals surface area contributed by atoms with Crippen LogP contribution in [0.1, 0.15) is 5.69 Å². The van der Waals surface area contributed by atoms with Gasteiger partial charge in [0.05, 0.1) is 11.4 Å². The highest BCUT2D eigenvalue weighted by Crippen LogP contribution is 2.30. The molecule has 2 heterocycles. The number of hydrogen-bond donors (Lipinski definition) is 2. The zero-order valence-electron chi connectivity index (χ0n) is 9.99. The van der Waals surface area contributed by atoms with E-state index < -0.39 is 0 Å². The number of nitrogens with zero attached hydrogens (tertiary/aromatic N) is 4. The van der Waals surface area contributed by atoms with Gasteiger partial charge in [-0.2, -0.15) is 10.1 Å². The van der Waals surface area contributed by atoms with Crippen molar-refractivity contribution in [2.24, 2.45) is 4.99 Å². The zero-order chi connectivity index (χ0) is 13.4. The molecule has 3 rings (SSSR count). The average Bonchev–Trinajstić information content (AvgIpc) is 2.81. The normalized spacial score (nSPS) is 16.5. The summed E-state index contributed by atoms with van der Waals surface area (Å²) in [6.45, 7) is 1.81. The molecule has 2 N–H and O–H groups in total. The van der Waals surface area contributed by atoms with Crippen LogP contribution in [0.4, 0.5) is 17.2 Å². The van der Waals surface area contributed by atoms with Crippen molar-refractivity contribution >= 4 is 23.2 Å². The van der Waals surface area contributed by atoms with Crippen molar-refractivity contribution in [2.75, 3.05) is 10.2 Å². The number of hydrazine groups is 1. The summed E-state index contributed by atoms with van der Waals surface area (Å²) < 4.78 is 0. The Morgan fingerprint density at radius 1 is 1.21 bits per heavy atom.